The molecule has 0 unspecified atom stereocenters. The van der Waals surface area contributed by atoms with Crippen molar-refractivity contribution in [3.8, 4) is 0 Å². The summed E-state index contributed by atoms with van der Waals surface area (Å²) in [6.07, 6.45) is -4.60. The molecule has 0 N–H and O–H groups in total. The Kier molecular flexibility index (Phi) is 5.08. The number of methoxy groups -OCH3 is 1. The second-order valence-electron chi connectivity index (χ2n) is 6.23. The van der Waals surface area contributed by atoms with Crippen molar-refractivity contribution < 1.29 is 32.2 Å². The molecule has 9 heteroatoms. The molecule has 1 aromatic rings. The summed E-state index contributed by atoms with van der Waals surface area (Å²) in [7, 11) is 1.22. The lowest BCUT2D eigenvalue weighted by atomic mass is 10.1. The largest absolute Gasteiger partial charge is 0.469 e. The second-order valence-corrected chi connectivity index (χ2v) is 6.23. The maximum absolute atomic E-state index is 13.2. The number of morpholine rings is 1. The third kappa shape index (κ3) is 3.62. The van der Waals surface area contributed by atoms with Crippen LogP contribution in [0.15, 0.2) is 18.2 Å². The smallest absolute Gasteiger partial charge is 0.416 e. The number of anilines is 2. The number of amides is 1. The molecule has 0 spiro atoms. The summed E-state index contributed by atoms with van der Waals surface area (Å²) in [5.41, 5.74) is -0.142. The molecule has 142 valence electrons. The van der Waals surface area contributed by atoms with E-state index in [1.165, 1.54) is 18.1 Å². The summed E-state index contributed by atoms with van der Waals surface area (Å²) in [5, 5.41) is 0. The van der Waals surface area contributed by atoms with Crippen molar-refractivity contribution in [3.05, 3.63) is 23.8 Å². The van der Waals surface area contributed by atoms with Gasteiger partial charge in [0.25, 0.3) is 0 Å². The average molecular weight is 372 g/mol. The molecular weight excluding hydrogens is 353 g/mol. The molecule has 2 aliphatic heterocycles. The van der Waals surface area contributed by atoms with Gasteiger partial charge in [0.2, 0.25) is 5.91 Å². The zero-order valence-corrected chi connectivity index (χ0v) is 14.2. The van der Waals surface area contributed by atoms with E-state index in [2.05, 4.69) is 4.74 Å². The van der Waals surface area contributed by atoms with Gasteiger partial charge in [0.1, 0.15) is 0 Å². The quantitative estimate of drug-likeness (QED) is 0.761. The predicted octanol–water partition coefficient (Wildman–Crippen LogP) is 2.07. The minimum Gasteiger partial charge on any atom is -0.469 e. The number of nitrogens with zero attached hydrogens (tertiary/aromatic N) is 2. The van der Waals surface area contributed by atoms with E-state index < -0.39 is 29.5 Å². The van der Waals surface area contributed by atoms with Gasteiger partial charge in [0.05, 0.1) is 43.2 Å². The zero-order chi connectivity index (χ0) is 18.9. The van der Waals surface area contributed by atoms with E-state index in [0.717, 1.165) is 12.1 Å². The number of hydrogen-bond donors (Lipinski definition) is 0. The number of benzene rings is 1. The lowest BCUT2D eigenvalue weighted by Crippen LogP contribution is -2.38. The van der Waals surface area contributed by atoms with Gasteiger partial charge in [0.15, 0.2) is 0 Å². The van der Waals surface area contributed by atoms with E-state index >= 15 is 0 Å². The van der Waals surface area contributed by atoms with Gasteiger partial charge >= 0.3 is 12.1 Å². The molecule has 1 atom stereocenters. The van der Waals surface area contributed by atoms with Crippen LogP contribution < -0.4 is 9.80 Å². The highest BCUT2D eigenvalue weighted by atomic mass is 19.4. The number of carbonyl (C=O) groups excluding carboxylic acids is 2. The fraction of sp³-hybridized carbons (Fsp3) is 0.529. The van der Waals surface area contributed by atoms with Crippen molar-refractivity contribution in [2.75, 3.05) is 49.8 Å². The van der Waals surface area contributed by atoms with Crippen molar-refractivity contribution in [2.45, 2.75) is 12.6 Å². The average Bonchev–Trinajstić information content (AvgIpc) is 3.02. The molecule has 26 heavy (non-hydrogen) atoms. The van der Waals surface area contributed by atoms with Crippen LogP contribution in [0.3, 0.4) is 0 Å². The van der Waals surface area contributed by atoms with Crippen molar-refractivity contribution in [1.82, 2.24) is 0 Å². The first-order valence-electron chi connectivity index (χ1n) is 8.23. The number of alkyl halides is 3. The van der Waals surface area contributed by atoms with Gasteiger partial charge in [-0.1, -0.05) is 0 Å². The lowest BCUT2D eigenvalue weighted by molar-refractivity contribution is -0.145. The SMILES string of the molecule is COC(=O)[C@@H]1CC(=O)N(c2cc(C(F)(F)F)ccc2N2CCOCC2)C1. The fourth-order valence-electron chi connectivity index (χ4n) is 3.25. The first-order chi connectivity index (χ1) is 12.3. The Morgan fingerprint density at radius 3 is 2.54 bits per heavy atom. The Balaban J connectivity index is 1.99. The van der Waals surface area contributed by atoms with Crippen LogP contribution in [0.5, 0.6) is 0 Å². The van der Waals surface area contributed by atoms with Gasteiger partial charge < -0.3 is 19.3 Å². The summed E-state index contributed by atoms with van der Waals surface area (Å²) in [5.74, 6) is -1.62. The molecule has 3 rings (SSSR count). The number of carbonyl (C=O) groups is 2. The number of rotatable bonds is 3. The van der Waals surface area contributed by atoms with Crippen molar-refractivity contribution >= 4 is 23.3 Å². The standard InChI is InChI=1S/C17H19F3N2O4/c1-25-16(24)11-8-15(23)22(10-11)14-9-12(17(18,19)20)2-3-13(14)21-4-6-26-7-5-21/h2-3,9,11H,4-8,10H2,1H3/t11-/m1/s1. The second kappa shape index (κ2) is 7.14. The first-order valence-corrected chi connectivity index (χ1v) is 8.23. The first kappa shape index (κ1) is 18.5. The predicted molar refractivity (Wildman–Crippen MR) is 87.0 cm³/mol. The Bertz CT molecular complexity index is 702. The monoisotopic (exact) mass is 372 g/mol. The molecule has 2 saturated heterocycles. The molecular formula is C17H19F3N2O4. The molecule has 0 aliphatic carbocycles. The minimum absolute atomic E-state index is 0.00412. The number of ether oxygens (including phenoxy) is 2. The normalized spacial score (nSPS) is 21.2. The third-order valence-corrected chi connectivity index (χ3v) is 4.60. The van der Waals surface area contributed by atoms with Crippen molar-refractivity contribution in [1.29, 1.82) is 0 Å². The topological polar surface area (TPSA) is 59.1 Å². The van der Waals surface area contributed by atoms with Gasteiger partial charge in [-0.3, -0.25) is 9.59 Å². The van der Waals surface area contributed by atoms with Gasteiger partial charge in [-0.05, 0) is 18.2 Å². The fourth-order valence-corrected chi connectivity index (χ4v) is 3.25. The van der Waals surface area contributed by atoms with E-state index in [9.17, 15) is 22.8 Å². The molecule has 0 bridgehead atoms. The maximum Gasteiger partial charge on any atom is 0.416 e. The molecule has 0 radical (unpaired) electrons. The van der Waals surface area contributed by atoms with Crippen LogP contribution in [0.4, 0.5) is 24.5 Å². The van der Waals surface area contributed by atoms with E-state index in [-0.39, 0.29) is 18.7 Å². The minimum atomic E-state index is -4.52. The van der Waals surface area contributed by atoms with Crippen LogP contribution in [0, 0.1) is 5.92 Å². The number of esters is 1. The van der Waals surface area contributed by atoms with Gasteiger partial charge in [0, 0.05) is 26.1 Å². The summed E-state index contributed by atoms with van der Waals surface area (Å²) in [6.45, 7) is 1.95. The van der Waals surface area contributed by atoms with Gasteiger partial charge in [-0.2, -0.15) is 13.2 Å². The highest BCUT2D eigenvalue weighted by Gasteiger charge is 2.39. The van der Waals surface area contributed by atoms with Crippen LogP contribution in [-0.4, -0.2) is 51.8 Å². The molecule has 2 heterocycles. The highest BCUT2D eigenvalue weighted by molar-refractivity contribution is 6.02. The van der Waals surface area contributed by atoms with Crippen LogP contribution in [0.1, 0.15) is 12.0 Å². The van der Waals surface area contributed by atoms with Crippen LogP contribution in [0.25, 0.3) is 0 Å². The Morgan fingerprint density at radius 2 is 1.92 bits per heavy atom. The maximum atomic E-state index is 13.2. The van der Waals surface area contributed by atoms with Crippen LogP contribution in [-0.2, 0) is 25.2 Å². The lowest BCUT2D eigenvalue weighted by Gasteiger charge is -2.33. The number of hydrogen-bond acceptors (Lipinski definition) is 5. The summed E-state index contributed by atoms with van der Waals surface area (Å²) >= 11 is 0. The van der Waals surface area contributed by atoms with Gasteiger partial charge in [-0.25, -0.2) is 0 Å². The van der Waals surface area contributed by atoms with E-state index in [1.807, 2.05) is 4.90 Å². The molecule has 0 aromatic heterocycles. The van der Waals surface area contributed by atoms with Crippen LogP contribution in [0.2, 0.25) is 0 Å². The molecule has 2 aliphatic rings. The van der Waals surface area contributed by atoms with E-state index in [1.54, 1.807) is 0 Å². The summed E-state index contributed by atoms with van der Waals surface area (Å²) in [6, 6.07) is 3.36. The zero-order valence-electron chi connectivity index (χ0n) is 14.2. The van der Waals surface area contributed by atoms with Gasteiger partial charge in [-0.15, -0.1) is 0 Å². The molecule has 1 aromatic carbocycles. The Morgan fingerprint density at radius 1 is 1.23 bits per heavy atom. The van der Waals surface area contributed by atoms with E-state index in [4.69, 9.17) is 4.74 Å². The number of halogens is 3. The Labute approximate surface area is 148 Å². The molecule has 6 nitrogen and oxygen atoms in total. The molecule has 0 saturated carbocycles. The molecule has 1 amide bonds. The summed E-state index contributed by atoms with van der Waals surface area (Å²) < 4.78 is 49.5. The summed E-state index contributed by atoms with van der Waals surface area (Å²) in [4.78, 5) is 27.3. The third-order valence-electron chi connectivity index (χ3n) is 4.60. The van der Waals surface area contributed by atoms with Crippen molar-refractivity contribution in [3.63, 3.8) is 0 Å². The van der Waals surface area contributed by atoms with Crippen molar-refractivity contribution in [2.24, 2.45) is 5.92 Å². The Hall–Kier alpha value is -2.29. The molecule has 2 fully saturated rings. The highest BCUT2D eigenvalue weighted by Crippen LogP contribution is 2.39. The van der Waals surface area contributed by atoms with Crippen LogP contribution >= 0.6 is 0 Å². The van der Waals surface area contributed by atoms with E-state index in [0.29, 0.717) is 32.0 Å².